The van der Waals surface area contributed by atoms with Gasteiger partial charge < -0.3 is 10.4 Å². The van der Waals surface area contributed by atoms with Gasteiger partial charge in [0.1, 0.15) is 5.56 Å². The highest BCUT2D eigenvalue weighted by molar-refractivity contribution is 6.00. The van der Waals surface area contributed by atoms with Crippen LogP contribution in [0.2, 0.25) is 0 Å². The largest absolute Gasteiger partial charge is 0.394 e. The molecule has 0 aliphatic carbocycles. The van der Waals surface area contributed by atoms with Gasteiger partial charge in [-0.3, -0.25) is 14.7 Å². The molecule has 2 heterocycles. The van der Waals surface area contributed by atoms with Crippen LogP contribution in [0.15, 0.2) is 17.1 Å². The minimum atomic E-state index is -0.741. The summed E-state index contributed by atoms with van der Waals surface area (Å²) in [5, 5.41) is 14.5. The van der Waals surface area contributed by atoms with Crippen LogP contribution < -0.4 is 10.9 Å². The molecule has 0 spiro atoms. The number of carbonyl (C=O) groups is 1. The summed E-state index contributed by atoms with van der Waals surface area (Å²) in [7, 11) is 0. The third kappa shape index (κ3) is 2.50. The molecule has 0 atom stereocenters. The number of nitrogens with one attached hydrogen (secondary N) is 2. The molecule has 1 amide bonds. The van der Waals surface area contributed by atoms with E-state index < -0.39 is 11.4 Å². The normalized spacial score (nSPS) is 11.8. The predicted octanol–water partition coefficient (Wildman–Crippen LogP) is -0.168. The average molecular weight is 264 g/mol. The first-order chi connectivity index (χ1) is 8.84. The maximum absolute atomic E-state index is 12.1. The second-order valence-electron chi connectivity index (χ2n) is 5.08. The predicted molar refractivity (Wildman–Crippen MR) is 69.2 cm³/mol. The second-order valence-corrected chi connectivity index (χ2v) is 5.08. The summed E-state index contributed by atoms with van der Waals surface area (Å²) in [6.45, 7) is 4.90. The first-order valence-electron chi connectivity index (χ1n) is 5.85. The fourth-order valence-corrected chi connectivity index (χ4v) is 1.68. The van der Waals surface area contributed by atoms with Crippen molar-refractivity contribution in [3.05, 3.63) is 33.9 Å². The number of amides is 1. The summed E-state index contributed by atoms with van der Waals surface area (Å²) in [4.78, 5) is 28.0. The fourth-order valence-electron chi connectivity index (χ4n) is 1.68. The lowest BCUT2D eigenvalue weighted by atomic mass is 10.1. The molecule has 0 saturated carbocycles. The molecule has 7 heteroatoms. The van der Waals surface area contributed by atoms with E-state index >= 15 is 0 Å². The van der Waals surface area contributed by atoms with Crippen LogP contribution in [-0.2, 0) is 0 Å². The maximum Gasteiger partial charge on any atom is 0.272 e. The number of rotatable bonds is 3. The Morgan fingerprint density at radius 1 is 1.58 bits per heavy atom. The smallest absolute Gasteiger partial charge is 0.272 e. The highest BCUT2D eigenvalue weighted by Crippen LogP contribution is 2.09. The number of hydrogen-bond acceptors (Lipinski definition) is 4. The summed E-state index contributed by atoms with van der Waals surface area (Å²) < 4.78 is 1.20. The lowest BCUT2D eigenvalue weighted by Gasteiger charge is -2.22. The molecule has 0 fully saturated rings. The third-order valence-corrected chi connectivity index (χ3v) is 2.72. The summed E-state index contributed by atoms with van der Waals surface area (Å²) in [6, 6.07) is 1.38. The SMILES string of the molecule is Cc1cc(=O)n2[nH]cc(C(=O)NC(C)(C)CO)c2n1. The number of fused-ring (bicyclic) bond motifs is 1. The maximum atomic E-state index is 12.1. The van der Waals surface area contributed by atoms with Crippen LogP contribution >= 0.6 is 0 Å². The van der Waals surface area contributed by atoms with Gasteiger partial charge in [0.05, 0.1) is 12.1 Å². The van der Waals surface area contributed by atoms with E-state index in [1.165, 1.54) is 16.8 Å². The number of hydrogen-bond donors (Lipinski definition) is 3. The van der Waals surface area contributed by atoms with Crippen LogP contribution in [0.5, 0.6) is 0 Å². The topological polar surface area (TPSA) is 99.5 Å². The fraction of sp³-hybridized carbons (Fsp3) is 0.417. The van der Waals surface area contributed by atoms with E-state index in [2.05, 4.69) is 15.4 Å². The molecule has 2 aromatic heterocycles. The summed E-state index contributed by atoms with van der Waals surface area (Å²) >= 11 is 0. The summed E-state index contributed by atoms with van der Waals surface area (Å²) in [6.07, 6.45) is 1.42. The molecule has 0 aromatic carbocycles. The summed E-state index contributed by atoms with van der Waals surface area (Å²) in [5.41, 5.74) is 0.0664. The Kier molecular flexibility index (Phi) is 3.15. The molecule has 2 aromatic rings. The molecule has 0 aliphatic heterocycles. The molecule has 7 nitrogen and oxygen atoms in total. The molecular formula is C12H16N4O3. The van der Waals surface area contributed by atoms with E-state index in [1.807, 2.05) is 0 Å². The van der Waals surface area contributed by atoms with Crippen molar-refractivity contribution >= 4 is 11.6 Å². The van der Waals surface area contributed by atoms with Gasteiger partial charge in [-0.05, 0) is 20.8 Å². The lowest BCUT2D eigenvalue weighted by Crippen LogP contribution is -2.46. The Hall–Kier alpha value is -2.15. The second kappa shape index (κ2) is 4.51. The van der Waals surface area contributed by atoms with Gasteiger partial charge in [-0.15, -0.1) is 0 Å². The highest BCUT2D eigenvalue weighted by Gasteiger charge is 2.22. The van der Waals surface area contributed by atoms with Gasteiger partial charge in [-0.1, -0.05) is 0 Å². The van der Waals surface area contributed by atoms with E-state index in [0.29, 0.717) is 5.69 Å². The molecule has 0 bridgehead atoms. The molecule has 2 rings (SSSR count). The number of aliphatic hydroxyl groups is 1. The van der Waals surface area contributed by atoms with E-state index in [4.69, 9.17) is 5.11 Å². The van der Waals surface area contributed by atoms with Gasteiger partial charge in [-0.2, -0.15) is 0 Å². The lowest BCUT2D eigenvalue weighted by molar-refractivity contribution is 0.0871. The van der Waals surface area contributed by atoms with Crippen LogP contribution in [0.1, 0.15) is 29.9 Å². The number of aromatic amines is 1. The Labute approximate surface area is 109 Å². The Balaban J connectivity index is 2.47. The number of H-pyrrole nitrogens is 1. The van der Waals surface area contributed by atoms with E-state index in [0.717, 1.165) is 0 Å². The third-order valence-electron chi connectivity index (χ3n) is 2.72. The zero-order valence-corrected chi connectivity index (χ0v) is 11.0. The van der Waals surface area contributed by atoms with Gasteiger partial charge in [0, 0.05) is 18.0 Å². The monoisotopic (exact) mass is 264 g/mol. The Morgan fingerprint density at radius 2 is 2.26 bits per heavy atom. The molecular weight excluding hydrogens is 248 g/mol. The van der Waals surface area contributed by atoms with Crippen LogP contribution in [0.25, 0.3) is 5.65 Å². The van der Waals surface area contributed by atoms with Crippen LogP contribution in [-0.4, -0.2) is 37.8 Å². The van der Waals surface area contributed by atoms with Crippen molar-refractivity contribution in [3.63, 3.8) is 0 Å². The first kappa shape index (κ1) is 13.3. The Bertz CT molecular complexity index is 684. The van der Waals surface area contributed by atoms with Crippen molar-refractivity contribution in [2.75, 3.05) is 6.61 Å². The minimum absolute atomic E-state index is 0.187. The van der Waals surface area contributed by atoms with Gasteiger partial charge >= 0.3 is 0 Å². The van der Waals surface area contributed by atoms with Crippen LogP contribution in [0.4, 0.5) is 0 Å². The van der Waals surface area contributed by atoms with Gasteiger partial charge in [0.15, 0.2) is 5.65 Å². The molecule has 0 aliphatic rings. The van der Waals surface area contributed by atoms with E-state index in [9.17, 15) is 9.59 Å². The van der Waals surface area contributed by atoms with E-state index in [1.54, 1.807) is 20.8 Å². The van der Waals surface area contributed by atoms with Crippen molar-refractivity contribution in [3.8, 4) is 0 Å². The number of aromatic nitrogens is 3. The molecule has 0 unspecified atom stereocenters. The average Bonchev–Trinajstić information content (AvgIpc) is 2.72. The number of aliphatic hydroxyl groups excluding tert-OH is 1. The molecule has 0 saturated heterocycles. The zero-order chi connectivity index (χ0) is 14.2. The first-order valence-corrected chi connectivity index (χ1v) is 5.85. The highest BCUT2D eigenvalue weighted by atomic mass is 16.3. The number of nitrogens with zero attached hydrogens (tertiary/aromatic N) is 2. The van der Waals surface area contributed by atoms with Crippen molar-refractivity contribution in [2.45, 2.75) is 26.3 Å². The van der Waals surface area contributed by atoms with E-state index in [-0.39, 0.29) is 23.4 Å². The standard InChI is InChI=1S/C12H16N4O3/c1-7-4-9(18)16-10(14-7)8(5-13-16)11(19)15-12(2,3)6-17/h4-5,13,17H,6H2,1-3H3,(H,15,19). The van der Waals surface area contributed by atoms with Crippen molar-refractivity contribution in [1.82, 2.24) is 19.9 Å². The molecule has 0 radical (unpaired) electrons. The number of aryl methyl sites for hydroxylation is 1. The van der Waals surface area contributed by atoms with Gasteiger partial charge in [0.2, 0.25) is 0 Å². The quantitative estimate of drug-likeness (QED) is 0.716. The van der Waals surface area contributed by atoms with Gasteiger partial charge in [0.25, 0.3) is 11.5 Å². The van der Waals surface area contributed by atoms with Crippen molar-refractivity contribution < 1.29 is 9.90 Å². The molecule has 102 valence electrons. The number of carbonyl (C=O) groups excluding carboxylic acids is 1. The van der Waals surface area contributed by atoms with Crippen molar-refractivity contribution in [2.24, 2.45) is 0 Å². The Morgan fingerprint density at radius 3 is 2.89 bits per heavy atom. The minimum Gasteiger partial charge on any atom is -0.394 e. The molecule has 3 N–H and O–H groups in total. The molecule has 19 heavy (non-hydrogen) atoms. The zero-order valence-electron chi connectivity index (χ0n) is 11.0. The van der Waals surface area contributed by atoms with Crippen LogP contribution in [0, 0.1) is 6.92 Å². The summed E-state index contributed by atoms with van der Waals surface area (Å²) in [5.74, 6) is -0.393. The van der Waals surface area contributed by atoms with Gasteiger partial charge in [-0.25, -0.2) is 9.50 Å². The van der Waals surface area contributed by atoms with Crippen LogP contribution in [0.3, 0.4) is 0 Å². The van der Waals surface area contributed by atoms with Crippen molar-refractivity contribution in [1.29, 1.82) is 0 Å².